The topological polar surface area (TPSA) is 75.1 Å². The largest absolute Gasteiger partial charge is 0.480 e. The molecule has 0 aliphatic heterocycles. The molecule has 0 saturated heterocycles. The van der Waals surface area contributed by atoms with Gasteiger partial charge in [0.2, 0.25) is 5.82 Å². The number of nitrogens with one attached hydrogen (secondary N) is 1. The van der Waals surface area contributed by atoms with Crippen molar-refractivity contribution in [2.75, 3.05) is 5.32 Å². The normalized spacial score (nSPS) is 13.3. The van der Waals surface area contributed by atoms with E-state index in [1.165, 1.54) is 6.07 Å². The summed E-state index contributed by atoms with van der Waals surface area (Å²) in [5, 5.41) is 12.2. The van der Waals surface area contributed by atoms with Crippen molar-refractivity contribution >= 4 is 22.7 Å². The fraction of sp³-hybridized carbons (Fsp3) is 0.400. The number of alkyl halides is 3. The molecular formula is C15H16F3N3O2. The van der Waals surface area contributed by atoms with Gasteiger partial charge in [-0.2, -0.15) is 13.2 Å². The Morgan fingerprint density at radius 2 is 1.91 bits per heavy atom. The molecule has 0 fully saturated rings. The molecule has 124 valence electrons. The highest BCUT2D eigenvalue weighted by atomic mass is 19.4. The zero-order valence-electron chi connectivity index (χ0n) is 12.8. The monoisotopic (exact) mass is 327 g/mol. The Labute approximate surface area is 130 Å². The third kappa shape index (κ3) is 3.69. The Balaban J connectivity index is 2.63. The summed E-state index contributed by atoms with van der Waals surface area (Å²) >= 11 is 0. The van der Waals surface area contributed by atoms with Crippen LogP contribution >= 0.6 is 0 Å². The molecule has 8 heteroatoms. The van der Waals surface area contributed by atoms with Gasteiger partial charge in [-0.25, -0.2) is 14.8 Å². The minimum atomic E-state index is -4.72. The molecule has 1 heterocycles. The quantitative estimate of drug-likeness (QED) is 0.899. The summed E-state index contributed by atoms with van der Waals surface area (Å²) in [7, 11) is 0. The molecule has 0 amide bonds. The van der Waals surface area contributed by atoms with Crippen LogP contribution in [-0.4, -0.2) is 27.1 Å². The molecule has 1 aromatic carbocycles. The minimum absolute atomic E-state index is 0.105. The Morgan fingerprint density at radius 3 is 2.43 bits per heavy atom. The average Bonchev–Trinajstić information content (AvgIpc) is 2.42. The third-order valence-electron chi connectivity index (χ3n) is 3.33. The van der Waals surface area contributed by atoms with E-state index in [1.807, 2.05) is 0 Å². The number of anilines is 1. The zero-order chi connectivity index (χ0) is 17.4. The smallest absolute Gasteiger partial charge is 0.451 e. The van der Waals surface area contributed by atoms with Gasteiger partial charge >= 0.3 is 12.1 Å². The minimum Gasteiger partial charge on any atom is -0.480 e. The SMILES string of the molecule is Cc1ccc2nc(C(F)(F)F)nc(NC(C(=O)O)C(C)C)c2c1. The molecule has 0 saturated carbocycles. The molecule has 2 rings (SSSR count). The van der Waals surface area contributed by atoms with Crippen LogP contribution in [0.1, 0.15) is 25.2 Å². The number of carboxylic acid groups (broad SMARTS) is 1. The number of aliphatic carboxylic acids is 1. The molecule has 2 aromatic rings. The first-order valence-electron chi connectivity index (χ1n) is 6.94. The molecule has 23 heavy (non-hydrogen) atoms. The summed E-state index contributed by atoms with van der Waals surface area (Å²) in [4.78, 5) is 18.3. The lowest BCUT2D eigenvalue weighted by Crippen LogP contribution is -2.35. The maximum absolute atomic E-state index is 13.0. The first kappa shape index (κ1) is 17.0. The molecule has 0 spiro atoms. The summed E-state index contributed by atoms with van der Waals surface area (Å²) in [6.45, 7) is 5.09. The van der Waals surface area contributed by atoms with Crippen LogP contribution in [0.3, 0.4) is 0 Å². The lowest BCUT2D eigenvalue weighted by atomic mass is 10.0. The van der Waals surface area contributed by atoms with Gasteiger partial charge in [-0.05, 0) is 25.0 Å². The van der Waals surface area contributed by atoms with Gasteiger partial charge in [0.15, 0.2) is 0 Å². The van der Waals surface area contributed by atoms with Gasteiger partial charge in [-0.3, -0.25) is 0 Å². The van der Waals surface area contributed by atoms with Gasteiger partial charge in [-0.1, -0.05) is 25.5 Å². The summed E-state index contributed by atoms with van der Waals surface area (Å²) in [6, 6.07) is 3.65. The van der Waals surface area contributed by atoms with Crippen LogP contribution in [0.4, 0.5) is 19.0 Å². The van der Waals surface area contributed by atoms with E-state index >= 15 is 0 Å². The number of aromatic nitrogens is 2. The number of hydrogen-bond donors (Lipinski definition) is 2. The highest BCUT2D eigenvalue weighted by Gasteiger charge is 2.36. The summed E-state index contributed by atoms with van der Waals surface area (Å²) in [5.74, 6) is -2.93. The predicted molar refractivity (Wildman–Crippen MR) is 79.2 cm³/mol. The van der Waals surface area contributed by atoms with Crippen molar-refractivity contribution in [3.05, 3.63) is 29.6 Å². The molecule has 5 nitrogen and oxygen atoms in total. The van der Waals surface area contributed by atoms with Crippen LogP contribution in [-0.2, 0) is 11.0 Å². The van der Waals surface area contributed by atoms with E-state index in [-0.39, 0.29) is 17.3 Å². The lowest BCUT2D eigenvalue weighted by molar-refractivity contribution is -0.144. The van der Waals surface area contributed by atoms with E-state index in [0.29, 0.717) is 5.39 Å². The van der Waals surface area contributed by atoms with Gasteiger partial charge < -0.3 is 10.4 Å². The second-order valence-electron chi connectivity index (χ2n) is 5.62. The number of benzene rings is 1. The van der Waals surface area contributed by atoms with Crippen LogP contribution in [0.15, 0.2) is 18.2 Å². The van der Waals surface area contributed by atoms with Crippen molar-refractivity contribution < 1.29 is 23.1 Å². The fourth-order valence-corrected chi connectivity index (χ4v) is 2.14. The standard InChI is InChI=1S/C15H16F3N3O2/c1-7(2)11(13(22)23)20-12-9-6-8(3)4-5-10(9)19-14(21-12)15(16,17)18/h4-7,11H,1-3H3,(H,22,23)(H,19,20,21). The molecule has 1 aromatic heterocycles. The predicted octanol–water partition coefficient (Wildman–Crippen LogP) is 3.48. The highest BCUT2D eigenvalue weighted by molar-refractivity contribution is 5.91. The van der Waals surface area contributed by atoms with Gasteiger partial charge in [-0.15, -0.1) is 0 Å². The number of carboxylic acids is 1. The van der Waals surface area contributed by atoms with Gasteiger partial charge in [0.1, 0.15) is 11.9 Å². The van der Waals surface area contributed by atoms with E-state index in [9.17, 15) is 23.1 Å². The Hall–Kier alpha value is -2.38. The molecule has 0 radical (unpaired) electrons. The number of aryl methyl sites for hydroxylation is 1. The molecule has 2 N–H and O–H groups in total. The summed E-state index contributed by atoms with van der Waals surface area (Å²) < 4.78 is 38.9. The van der Waals surface area contributed by atoms with Crippen molar-refractivity contribution in [2.24, 2.45) is 5.92 Å². The Morgan fingerprint density at radius 1 is 1.26 bits per heavy atom. The van der Waals surface area contributed by atoms with Gasteiger partial charge in [0, 0.05) is 5.39 Å². The van der Waals surface area contributed by atoms with Gasteiger partial charge in [0.05, 0.1) is 5.52 Å². The number of fused-ring (bicyclic) bond motifs is 1. The van der Waals surface area contributed by atoms with Crippen LogP contribution in [0.5, 0.6) is 0 Å². The number of carbonyl (C=O) groups is 1. The van der Waals surface area contributed by atoms with E-state index in [4.69, 9.17) is 0 Å². The number of halogens is 3. The second-order valence-corrected chi connectivity index (χ2v) is 5.62. The maximum atomic E-state index is 13.0. The molecule has 1 unspecified atom stereocenters. The maximum Gasteiger partial charge on any atom is 0.451 e. The molecule has 0 aliphatic carbocycles. The van der Waals surface area contributed by atoms with Crippen molar-refractivity contribution in [3.8, 4) is 0 Å². The van der Waals surface area contributed by atoms with Crippen LogP contribution < -0.4 is 5.32 Å². The summed E-state index contributed by atoms with van der Waals surface area (Å²) in [6.07, 6.45) is -4.72. The summed E-state index contributed by atoms with van der Waals surface area (Å²) in [5.41, 5.74) is 0.911. The molecule has 0 bridgehead atoms. The average molecular weight is 327 g/mol. The second kappa shape index (κ2) is 6.02. The molecular weight excluding hydrogens is 311 g/mol. The van der Waals surface area contributed by atoms with Crippen molar-refractivity contribution in [3.63, 3.8) is 0 Å². The zero-order valence-corrected chi connectivity index (χ0v) is 12.8. The molecule has 1 atom stereocenters. The highest BCUT2D eigenvalue weighted by Crippen LogP contribution is 2.31. The number of rotatable bonds is 4. The Kier molecular flexibility index (Phi) is 4.44. The van der Waals surface area contributed by atoms with E-state index < -0.39 is 24.0 Å². The van der Waals surface area contributed by atoms with Crippen LogP contribution in [0.2, 0.25) is 0 Å². The van der Waals surface area contributed by atoms with E-state index in [0.717, 1.165) is 5.56 Å². The van der Waals surface area contributed by atoms with Crippen molar-refractivity contribution in [2.45, 2.75) is 33.0 Å². The van der Waals surface area contributed by atoms with Crippen molar-refractivity contribution in [1.29, 1.82) is 0 Å². The fourth-order valence-electron chi connectivity index (χ4n) is 2.14. The first-order valence-corrected chi connectivity index (χ1v) is 6.94. The first-order chi connectivity index (χ1) is 10.6. The van der Waals surface area contributed by atoms with Crippen molar-refractivity contribution in [1.82, 2.24) is 9.97 Å². The van der Waals surface area contributed by atoms with E-state index in [2.05, 4.69) is 15.3 Å². The Bertz CT molecular complexity index is 745. The van der Waals surface area contributed by atoms with Gasteiger partial charge in [0.25, 0.3) is 0 Å². The van der Waals surface area contributed by atoms with Crippen LogP contribution in [0, 0.1) is 12.8 Å². The molecule has 0 aliphatic rings. The third-order valence-corrected chi connectivity index (χ3v) is 3.33. The number of nitrogens with zero attached hydrogens (tertiary/aromatic N) is 2. The lowest BCUT2D eigenvalue weighted by Gasteiger charge is -2.20. The van der Waals surface area contributed by atoms with Crippen LogP contribution in [0.25, 0.3) is 10.9 Å². The van der Waals surface area contributed by atoms with E-state index in [1.54, 1.807) is 32.9 Å². The number of hydrogen-bond acceptors (Lipinski definition) is 4.